The smallest absolute Gasteiger partial charge is 0.336 e. The van der Waals surface area contributed by atoms with Gasteiger partial charge in [-0.05, 0) is 18.2 Å². The maximum Gasteiger partial charge on any atom is 0.463 e. The maximum absolute atomic E-state index is 13.4. The molecule has 0 fully saturated rings. The van der Waals surface area contributed by atoms with Gasteiger partial charge in [0, 0.05) is 19.2 Å². The average Bonchev–Trinajstić information content (AvgIpc) is 2.38. The summed E-state index contributed by atoms with van der Waals surface area (Å²) in [6, 6.07) is 4.57. The zero-order valence-electron chi connectivity index (χ0n) is 10.5. The quantitative estimate of drug-likeness (QED) is 0.806. The predicted molar refractivity (Wildman–Crippen MR) is 58.6 cm³/mol. The van der Waals surface area contributed by atoms with E-state index in [9.17, 15) is 31.1 Å². The Hall–Kier alpha value is -2.24. The molecule has 1 aromatic rings. The van der Waals surface area contributed by atoms with Gasteiger partial charge in [-0.1, -0.05) is 0 Å². The van der Waals surface area contributed by atoms with Gasteiger partial charge in [-0.15, -0.1) is 0 Å². The Morgan fingerprint density at radius 3 is 2.33 bits per heavy atom. The molecule has 0 bridgehead atoms. The SMILES string of the molecule is CN(Cc1cc(C#N)ccc1F)C(=O)C(F)(F)C(F)(F)F. The van der Waals surface area contributed by atoms with Gasteiger partial charge in [0.15, 0.2) is 0 Å². The fourth-order valence-electron chi connectivity index (χ4n) is 1.45. The van der Waals surface area contributed by atoms with Crippen molar-refractivity contribution in [2.45, 2.75) is 18.6 Å². The largest absolute Gasteiger partial charge is 0.463 e. The minimum atomic E-state index is -6.04. The average molecular weight is 310 g/mol. The van der Waals surface area contributed by atoms with Crippen LogP contribution in [0.1, 0.15) is 11.1 Å². The molecule has 0 atom stereocenters. The van der Waals surface area contributed by atoms with Crippen molar-refractivity contribution in [3.05, 3.63) is 35.1 Å². The first kappa shape index (κ1) is 16.8. The molecule has 0 aromatic heterocycles. The highest BCUT2D eigenvalue weighted by molar-refractivity contribution is 5.84. The molecule has 0 heterocycles. The van der Waals surface area contributed by atoms with Crippen molar-refractivity contribution in [1.82, 2.24) is 4.90 Å². The Labute approximate surface area is 115 Å². The highest BCUT2D eigenvalue weighted by Gasteiger charge is 2.64. The van der Waals surface area contributed by atoms with Crippen molar-refractivity contribution in [3.63, 3.8) is 0 Å². The fourth-order valence-corrected chi connectivity index (χ4v) is 1.45. The number of carbonyl (C=O) groups is 1. The number of nitriles is 1. The number of amides is 1. The monoisotopic (exact) mass is 310 g/mol. The Bertz CT molecular complexity index is 590. The van der Waals surface area contributed by atoms with E-state index in [1.165, 1.54) is 0 Å². The van der Waals surface area contributed by atoms with Crippen molar-refractivity contribution in [2.75, 3.05) is 7.05 Å². The molecule has 0 aliphatic rings. The lowest BCUT2D eigenvalue weighted by molar-refractivity contribution is -0.274. The number of nitrogens with zero attached hydrogens (tertiary/aromatic N) is 2. The number of hydrogen-bond donors (Lipinski definition) is 0. The standard InChI is InChI=1S/C12H8F6N2O/c1-20(10(21)11(14,15)12(16,17)18)6-8-4-7(5-19)2-3-9(8)13/h2-4H,6H2,1H3. The number of hydrogen-bond acceptors (Lipinski definition) is 2. The van der Waals surface area contributed by atoms with Crippen LogP contribution in [-0.4, -0.2) is 30.0 Å². The van der Waals surface area contributed by atoms with Gasteiger partial charge < -0.3 is 4.90 Å². The van der Waals surface area contributed by atoms with Crippen LogP contribution in [0.3, 0.4) is 0 Å². The van der Waals surface area contributed by atoms with E-state index in [-0.39, 0.29) is 16.0 Å². The van der Waals surface area contributed by atoms with Crippen LogP contribution in [0.15, 0.2) is 18.2 Å². The van der Waals surface area contributed by atoms with Crippen LogP contribution >= 0.6 is 0 Å². The molecule has 0 aliphatic carbocycles. The summed E-state index contributed by atoms with van der Waals surface area (Å²) in [5.41, 5.74) is -0.363. The van der Waals surface area contributed by atoms with Crippen molar-refractivity contribution in [1.29, 1.82) is 5.26 Å². The topological polar surface area (TPSA) is 44.1 Å². The van der Waals surface area contributed by atoms with Gasteiger partial charge in [0.25, 0.3) is 0 Å². The predicted octanol–water partition coefficient (Wildman–Crippen LogP) is 2.85. The number of halogens is 6. The van der Waals surface area contributed by atoms with E-state index in [1.54, 1.807) is 6.07 Å². The van der Waals surface area contributed by atoms with Crippen LogP contribution in [0.4, 0.5) is 26.3 Å². The second-order valence-electron chi connectivity index (χ2n) is 4.15. The first-order valence-corrected chi connectivity index (χ1v) is 5.39. The third-order valence-electron chi connectivity index (χ3n) is 2.55. The summed E-state index contributed by atoms with van der Waals surface area (Å²) in [5, 5.41) is 8.61. The molecule has 0 unspecified atom stereocenters. The second kappa shape index (κ2) is 5.63. The van der Waals surface area contributed by atoms with Gasteiger partial charge >= 0.3 is 18.0 Å². The van der Waals surface area contributed by atoms with Gasteiger partial charge in [-0.2, -0.15) is 27.2 Å². The van der Waals surface area contributed by atoms with Gasteiger partial charge in [-0.25, -0.2) is 4.39 Å². The summed E-state index contributed by atoms with van der Waals surface area (Å²) in [7, 11) is 0.681. The molecule has 3 nitrogen and oxygen atoms in total. The summed E-state index contributed by atoms with van der Waals surface area (Å²) < 4.78 is 75.3. The van der Waals surface area contributed by atoms with Crippen molar-refractivity contribution < 1.29 is 31.1 Å². The molecular formula is C12H8F6N2O. The molecule has 0 radical (unpaired) electrons. The van der Waals surface area contributed by atoms with Crippen LogP contribution in [0.5, 0.6) is 0 Å². The molecule has 0 saturated heterocycles. The Morgan fingerprint density at radius 2 is 1.86 bits per heavy atom. The zero-order valence-corrected chi connectivity index (χ0v) is 10.5. The van der Waals surface area contributed by atoms with E-state index in [1.807, 2.05) is 0 Å². The van der Waals surface area contributed by atoms with E-state index < -0.39 is 30.4 Å². The number of rotatable bonds is 3. The molecule has 0 spiro atoms. The molecule has 9 heteroatoms. The lowest BCUT2D eigenvalue weighted by Crippen LogP contribution is -2.50. The normalized spacial score (nSPS) is 11.9. The Morgan fingerprint density at radius 1 is 1.29 bits per heavy atom. The maximum atomic E-state index is 13.4. The zero-order chi connectivity index (χ0) is 16.4. The summed E-state index contributed by atoms with van der Waals surface area (Å²) >= 11 is 0. The molecule has 0 aliphatic heterocycles. The fraction of sp³-hybridized carbons (Fsp3) is 0.333. The number of carbonyl (C=O) groups excluding carboxylic acids is 1. The summed E-state index contributed by atoms with van der Waals surface area (Å²) in [5.74, 6) is -8.99. The minimum Gasteiger partial charge on any atom is -0.336 e. The minimum absolute atomic E-state index is 0.0187. The third kappa shape index (κ3) is 3.45. The van der Waals surface area contributed by atoms with Gasteiger partial charge in [0.1, 0.15) is 5.82 Å². The van der Waals surface area contributed by atoms with E-state index in [2.05, 4.69) is 0 Å². The highest BCUT2D eigenvalue weighted by Crippen LogP contribution is 2.36. The molecule has 21 heavy (non-hydrogen) atoms. The Balaban J connectivity index is 2.99. The van der Waals surface area contributed by atoms with Crippen LogP contribution in [0.25, 0.3) is 0 Å². The van der Waals surface area contributed by atoms with Crippen LogP contribution in [-0.2, 0) is 11.3 Å². The van der Waals surface area contributed by atoms with E-state index in [0.717, 1.165) is 18.2 Å². The van der Waals surface area contributed by atoms with Crippen molar-refractivity contribution >= 4 is 5.91 Å². The van der Waals surface area contributed by atoms with Crippen LogP contribution in [0.2, 0.25) is 0 Å². The summed E-state index contributed by atoms with van der Waals surface area (Å²) in [6.45, 7) is -0.828. The Kier molecular flexibility index (Phi) is 4.51. The molecule has 1 amide bonds. The molecule has 0 saturated carbocycles. The molecule has 1 aromatic carbocycles. The molecule has 1 rings (SSSR count). The molecule has 114 valence electrons. The van der Waals surface area contributed by atoms with Crippen LogP contribution in [0, 0.1) is 17.1 Å². The lowest BCUT2D eigenvalue weighted by Gasteiger charge is -2.25. The van der Waals surface area contributed by atoms with Gasteiger partial charge in [-0.3, -0.25) is 4.79 Å². The van der Waals surface area contributed by atoms with E-state index >= 15 is 0 Å². The van der Waals surface area contributed by atoms with E-state index in [4.69, 9.17) is 5.26 Å². The summed E-state index contributed by atoms with van der Waals surface area (Å²) in [6.07, 6.45) is -6.04. The first-order valence-electron chi connectivity index (χ1n) is 5.39. The lowest BCUT2D eigenvalue weighted by atomic mass is 10.1. The third-order valence-corrected chi connectivity index (χ3v) is 2.55. The first-order chi connectivity index (χ1) is 9.50. The number of alkyl halides is 5. The second-order valence-corrected chi connectivity index (χ2v) is 4.15. The van der Waals surface area contributed by atoms with Gasteiger partial charge in [0.2, 0.25) is 0 Å². The van der Waals surface area contributed by atoms with E-state index in [0.29, 0.717) is 7.05 Å². The van der Waals surface area contributed by atoms with Crippen molar-refractivity contribution in [3.8, 4) is 6.07 Å². The molecular weight excluding hydrogens is 302 g/mol. The van der Waals surface area contributed by atoms with Gasteiger partial charge in [0.05, 0.1) is 11.6 Å². The van der Waals surface area contributed by atoms with Crippen molar-refractivity contribution in [2.24, 2.45) is 0 Å². The summed E-state index contributed by atoms with van der Waals surface area (Å²) in [4.78, 5) is 11.2. The number of benzene rings is 1. The molecule has 0 N–H and O–H groups in total. The van der Waals surface area contributed by atoms with Crippen LogP contribution < -0.4 is 0 Å². The highest BCUT2D eigenvalue weighted by atomic mass is 19.4.